The van der Waals surface area contributed by atoms with Crippen molar-refractivity contribution in [2.45, 2.75) is 20.3 Å². The molecule has 0 radical (unpaired) electrons. The van der Waals surface area contributed by atoms with E-state index in [1.165, 1.54) is 28.5 Å². The number of hydrogen-bond donors (Lipinski definition) is 1. The Balaban J connectivity index is 1.64. The van der Waals surface area contributed by atoms with Crippen LogP contribution in [0, 0.1) is 6.92 Å². The molecule has 2 aromatic carbocycles. The number of aryl methyl sites for hydroxylation is 2. The highest BCUT2D eigenvalue weighted by molar-refractivity contribution is 7.14. The van der Waals surface area contributed by atoms with Crippen LogP contribution in [0.1, 0.15) is 23.6 Å². The van der Waals surface area contributed by atoms with Crippen molar-refractivity contribution in [2.75, 3.05) is 5.32 Å². The Morgan fingerprint density at radius 2 is 1.84 bits per heavy atom. The van der Waals surface area contributed by atoms with Gasteiger partial charge in [0.1, 0.15) is 0 Å². The van der Waals surface area contributed by atoms with Crippen molar-refractivity contribution in [3.05, 3.63) is 76.7 Å². The first-order valence-electron chi connectivity index (χ1n) is 8.24. The molecule has 1 aromatic heterocycles. The summed E-state index contributed by atoms with van der Waals surface area (Å²) in [4.78, 5) is 16.5. The number of benzene rings is 2. The Morgan fingerprint density at radius 1 is 1.12 bits per heavy atom. The highest BCUT2D eigenvalue weighted by Crippen LogP contribution is 2.25. The van der Waals surface area contributed by atoms with E-state index in [1.54, 1.807) is 6.08 Å². The minimum absolute atomic E-state index is 0.178. The molecule has 0 saturated carbocycles. The third-order valence-electron chi connectivity index (χ3n) is 3.90. The molecular formula is C21H20N2OS. The number of amides is 1. The Labute approximate surface area is 152 Å². The van der Waals surface area contributed by atoms with Gasteiger partial charge in [-0.05, 0) is 30.5 Å². The van der Waals surface area contributed by atoms with Gasteiger partial charge in [-0.3, -0.25) is 10.1 Å². The van der Waals surface area contributed by atoms with E-state index in [1.807, 2.05) is 36.6 Å². The maximum absolute atomic E-state index is 12.1. The number of thiazole rings is 1. The molecule has 0 atom stereocenters. The molecule has 4 heteroatoms. The van der Waals surface area contributed by atoms with Gasteiger partial charge in [-0.1, -0.05) is 61.0 Å². The molecule has 3 nitrogen and oxygen atoms in total. The predicted molar refractivity (Wildman–Crippen MR) is 106 cm³/mol. The summed E-state index contributed by atoms with van der Waals surface area (Å²) in [6.45, 7) is 4.17. The number of carbonyl (C=O) groups is 1. The lowest BCUT2D eigenvalue weighted by Crippen LogP contribution is -2.07. The molecule has 0 fully saturated rings. The van der Waals surface area contributed by atoms with Crippen molar-refractivity contribution in [3.63, 3.8) is 0 Å². The van der Waals surface area contributed by atoms with E-state index in [-0.39, 0.29) is 5.91 Å². The van der Waals surface area contributed by atoms with Gasteiger partial charge in [-0.15, -0.1) is 11.3 Å². The van der Waals surface area contributed by atoms with Crippen molar-refractivity contribution in [3.8, 4) is 11.3 Å². The third kappa shape index (κ3) is 4.64. The molecule has 0 bridgehead atoms. The molecule has 0 saturated heterocycles. The Morgan fingerprint density at radius 3 is 2.52 bits per heavy atom. The van der Waals surface area contributed by atoms with Gasteiger partial charge in [0.05, 0.1) is 5.69 Å². The molecular weight excluding hydrogens is 328 g/mol. The van der Waals surface area contributed by atoms with E-state index in [4.69, 9.17) is 0 Å². The van der Waals surface area contributed by atoms with Gasteiger partial charge >= 0.3 is 0 Å². The van der Waals surface area contributed by atoms with Crippen LogP contribution in [0.5, 0.6) is 0 Å². The second kappa shape index (κ2) is 7.90. The minimum atomic E-state index is -0.178. The standard InChI is InChI=1S/C21H20N2OS/c1-3-16-8-11-18(12-9-16)19-14-25-21(22-19)23-20(24)13-10-17-6-4-15(2)5-7-17/h4-14H,3H2,1-2H3,(H,22,23,24)/b13-10+. The molecule has 0 unspecified atom stereocenters. The van der Waals surface area contributed by atoms with E-state index in [2.05, 4.69) is 41.5 Å². The Hall–Kier alpha value is -2.72. The molecule has 1 amide bonds. The summed E-state index contributed by atoms with van der Waals surface area (Å²) in [5, 5.41) is 5.38. The zero-order valence-corrected chi connectivity index (χ0v) is 15.1. The first-order chi connectivity index (χ1) is 12.1. The van der Waals surface area contributed by atoms with Crippen LogP contribution in [0.4, 0.5) is 5.13 Å². The van der Waals surface area contributed by atoms with Gasteiger partial charge in [0.2, 0.25) is 5.91 Å². The van der Waals surface area contributed by atoms with Crippen LogP contribution < -0.4 is 5.32 Å². The average molecular weight is 348 g/mol. The third-order valence-corrected chi connectivity index (χ3v) is 4.65. The van der Waals surface area contributed by atoms with E-state index in [0.29, 0.717) is 5.13 Å². The van der Waals surface area contributed by atoms with Crippen molar-refractivity contribution >= 4 is 28.5 Å². The van der Waals surface area contributed by atoms with Crippen molar-refractivity contribution in [2.24, 2.45) is 0 Å². The molecule has 1 heterocycles. The summed E-state index contributed by atoms with van der Waals surface area (Å²) >= 11 is 1.43. The van der Waals surface area contributed by atoms with Gasteiger partial charge in [-0.2, -0.15) is 0 Å². The summed E-state index contributed by atoms with van der Waals surface area (Å²) in [7, 11) is 0. The lowest BCUT2D eigenvalue weighted by Gasteiger charge is -1.99. The molecule has 3 rings (SSSR count). The number of anilines is 1. The van der Waals surface area contributed by atoms with Crippen LogP contribution in [0.2, 0.25) is 0 Å². The highest BCUT2D eigenvalue weighted by atomic mass is 32.1. The normalized spacial score (nSPS) is 11.0. The van der Waals surface area contributed by atoms with Gasteiger partial charge in [0.25, 0.3) is 0 Å². The van der Waals surface area contributed by atoms with Crippen LogP contribution in [0.3, 0.4) is 0 Å². The first-order valence-corrected chi connectivity index (χ1v) is 9.12. The van der Waals surface area contributed by atoms with Gasteiger partial charge in [0.15, 0.2) is 5.13 Å². The zero-order valence-electron chi connectivity index (χ0n) is 14.3. The molecule has 0 spiro atoms. The number of rotatable bonds is 5. The molecule has 3 aromatic rings. The number of nitrogens with zero attached hydrogens (tertiary/aromatic N) is 1. The van der Waals surface area contributed by atoms with Gasteiger partial charge in [0, 0.05) is 17.0 Å². The van der Waals surface area contributed by atoms with Gasteiger partial charge in [-0.25, -0.2) is 4.98 Å². The summed E-state index contributed by atoms with van der Waals surface area (Å²) in [5.74, 6) is -0.178. The Kier molecular flexibility index (Phi) is 5.41. The average Bonchev–Trinajstić information content (AvgIpc) is 3.10. The monoisotopic (exact) mass is 348 g/mol. The van der Waals surface area contributed by atoms with E-state index >= 15 is 0 Å². The largest absolute Gasteiger partial charge is 0.298 e. The number of aromatic nitrogens is 1. The van der Waals surface area contributed by atoms with E-state index in [9.17, 15) is 4.79 Å². The molecule has 1 N–H and O–H groups in total. The number of nitrogens with one attached hydrogen (secondary N) is 1. The quantitative estimate of drug-likeness (QED) is 0.633. The molecule has 0 aliphatic heterocycles. The molecule has 126 valence electrons. The fourth-order valence-electron chi connectivity index (χ4n) is 2.37. The minimum Gasteiger partial charge on any atom is -0.298 e. The second-order valence-electron chi connectivity index (χ2n) is 5.82. The molecule has 0 aliphatic carbocycles. The first kappa shape index (κ1) is 17.1. The van der Waals surface area contributed by atoms with Crippen LogP contribution in [0.15, 0.2) is 60.0 Å². The van der Waals surface area contributed by atoms with E-state index in [0.717, 1.165) is 23.2 Å². The van der Waals surface area contributed by atoms with Crippen molar-refractivity contribution < 1.29 is 4.79 Å². The van der Waals surface area contributed by atoms with E-state index < -0.39 is 0 Å². The molecule has 0 aliphatic rings. The Bertz CT molecular complexity index is 877. The zero-order chi connectivity index (χ0) is 17.6. The fraction of sp³-hybridized carbons (Fsp3) is 0.143. The maximum atomic E-state index is 12.1. The SMILES string of the molecule is CCc1ccc(-c2csc(NC(=O)/C=C/c3ccc(C)cc3)n2)cc1. The lowest BCUT2D eigenvalue weighted by atomic mass is 10.1. The lowest BCUT2D eigenvalue weighted by molar-refractivity contribution is -0.111. The van der Waals surface area contributed by atoms with Crippen molar-refractivity contribution in [1.82, 2.24) is 4.98 Å². The number of carbonyl (C=O) groups excluding carboxylic acids is 1. The second-order valence-corrected chi connectivity index (χ2v) is 6.68. The van der Waals surface area contributed by atoms with Crippen LogP contribution in [0.25, 0.3) is 17.3 Å². The smallest absolute Gasteiger partial charge is 0.250 e. The topological polar surface area (TPSA) is 42.0 Å². The highest BCUT2D eigenvalue weighted by Gasteiger charge is 2.06. The summed E-state index contributed by atoms with van der Waals surface area (Å²) < 4.78 is 0. The van der Waals surface area contributed by atoms with Crippen LogP contribution >= 0.6 is 11.3 Å². The fourth-order valence-corrected chi connectivity index (χ4v) is 3.09. The summed E-state index contributed by atoms with van der Waals surface area (Å²) in [6, 6.07) is 16.4. The molecule has 25 heavy (non-hydrogen) atoms. The van der Waals surface area contributed by atoms with Crippen molar-refractivity contribution in [1.29, 1.82) is 0 Å². The van der Waals surface area contributed by atoms with Gasteiger partial charge < -0.3 is 0 Å². The predicted octanol–water partition coefficient (Wildman–Crippen LogP) is 5.33. The number of hydrogen-bond acceptors (Lipinski definition) is 3. The van der Waals surface area contributed by atoms with Crippen LogP contribution in [-0.2, 0) is 11.2 Å². The summed E-state index contributed by atoms with van der Waals surface area (Å²) in [5.41, 5.74) is 5.43. The van der Waals surface area contributed by atoms with Crippen LogP contribution in [-0.4, -0.2) is 10.9 Å². The maximum Gasteiger partial charge on any atom is 0.250 e. The summed E-state index contributed by atoms with van der Waals surface area (Å²) in [6.07, 6.45) is 4.35.